The van der Waals surface area contributed by atoms with Gasteiger partial charge in [0, 0.05) is 7.05 Å². The van der Waals surface area contributed by atoms with Crippen LogP contribution in [0.25, 0.3) is 0 Å². The molecule has 1 unspecified atom stereocenters. The SMILES string of the molecule is CC(O)Nc1c([N+](=O)[O-])c(Br)nn1C. The summed E-state index contributed by atoms with van der Waals surface area (Å²) in [4.78, 5) is 10.1. The van der Waals surface area contributed by atoms with Crippen LogP contribution in [0.5, 0.6) is 0 Å². The van der Waals surface area contributed by atoms with Gasteiger partial charge in [-0.25, -0.2) is 4.68 Å². The van der Waals surface area contributed by atoms with Crippen LogP contribution in [-0.4, -0.2) is 26.0 Å². The monoisotopic (exact) mass is 264 g/mol. The van der Waals surface area contributed by atoms with Crippen LogP contribution >= 0.6 is 15.9 Å². The topological polar surface area (TPSA) is 93.2 Å². The van der Waals surface area contributed by atoms with Gasteiger partial charge in [-0.3, -0.25) is 10.1 Å². The molecule has 78 valence electrons. The summed E-state index contributed by atoms with van der Waals surface area (Å²) < 4.78 is 1.42. The van der Waals surface area contributed by atoms with E-state index >= 15 is 0 Å². The number of nitrogens with zero attached hydrogens (tertiary/aromatic N) is 3. The van der Waals surface area contributed by atoms with Crippen molar-refractivity contribution < 1.29 is 10.0 Å². The molecule has 14 heavy (non-hydrogen) atoms. The van der Waals surface area contributed by atoms with E-state index in [-0.39, 0.29) is 16.1 Å². The van der Waals surface area contributed by atoms with Gasteiger partial charge in [0.1, 0.15) is 6.23 Å². The highest BCUT2D eigenvalue weighted by atomic mass is 79.9. The van der Waals surface area contributed by atoms with Crippen LogP contribution in [-0.2, 0) is 7.05 Å². The number of hydrogen-bond donors (Lipinski definition) is 2. The number of nitrogens with one attached hydrogen (secondary N) is 1. The molecule has 2 N–H and O–H groups in total. The zero-order valence-electron chi connectivity index (χ0n) is 7.56. The number of aliphatic hydroxyl groups is 1. The van der Waals surface area contributed by atoms with E-state index in [0.29, 0.717) is 0 Å². The molecule has 8 heteroatoms. The van der Waals surface area contributed by atoms with Gasteiger partial charge >= 0.3 is 5.69 Å². The van der Waals surface area contributed by atoms with Gasteiger partial charge in [0.15, 0.2) is 0 Å². The van der Waals surface area contributed by atoms with Crippen LogP contribution in [0.4, 0.5) is 11.5 Å². The minimum Gasteiger partial charge on any atom is -0.374 e. The number of aromatic nitrogens is 2. The quantitative estimate of drug-likeness (QED) is 0.480. The summed E-state index contributed by atoms with van der Waals surface area (Å²) >= 11 is 2.96. The second-order valence-corrected chi connectivity index (χ2v) is 3.44. The van der Waals surface area contributed by atoms with Crippen LogP contribution in [0, 0.1) is 10.1 Å². The number of halogens is 1. The Morgan fingerprint density at radius 1 is 1.79 bits per heavy atom. The Bertz CT molecular complexity index is 362. The fourth-order valence-corrected chi connectivity index (χ4v) is 1.57. The van der Waals surface area contributed by atoms with Gasteiger partial charge < -0.3 is 10.4 Å². The number of anilines is 1. The first-order chi connectivity index (χ1) is 6.43. The smallest absolute Gasteiger partial charge is 0.345 e. The van der Waals surface area contributed by atoms with Crippen molar-refractivity contribution in [2.45, 2.75) is 13.2 Å². The average Bonchev–Trinajstić information content (AvgIpc) is 2.25. The molecule has 0 aliphatic rings. The summed E-state index contributed by atoms with van der Waals surface area (Å²) in [6, 6.07) is 0. The summed E-state index contributed by atoms with van der Waals surface area (Å²) in [6.45, 7) is 1.46. The van der Waals surface area contributed by atoms with Crippen molar-refractivity contribution in [1.82, 2.24) is 9.78 Å². The molecule has 0 saturated heterocycles. The number of nitro groups is 1. The highest BCUT2D eigenvalue weighted by molar-refractivity contribution is 9.10. The minimum absolute atomic E-state index is 0.133. The van der Waals surface area contributed by atoms with Gasteiger partial charge in [-0.1, -0.05) is 0 Å². The van der Waals surface area contributed by atoms with Crippen LogP contribution in [0.2, 0.25) is 0 Å². The van der Waals surface area contributed by atoms with Crippen molar-refractivity contribution in [3.63, 3.8) is 0 Å². The molecule has 1 aromatic rings. The number of aliphatic hydroxyl groups excluding tert-OH is 1. The largest absolute Gasteiger partial charge is 0.374 e. The van der Waals surface area contributed by atoms with Gasteiger partial charge in [-0.2, -0.15) is 5.10 Å². The maximum atomic E-state index is 10.6. The molecule has 7 nitrogen and oxygen atoms in total. The summed E-state index contributed by atoms with van der Waals surface area (Å²) in [7, 11) is 1.54. The molecular formula is C6H9BrN4O3. The van der Waals surface area contributed by atoms with E-state index < -0.39 is 11.2 Å². The molecule has 1 heterocycles. The third kappa shape index (κ3) is 2.02. The van der Waals surface area contributed by atoms with E-state index in [4.69, 9.17) is 5.11 Å². The maximum Gasteiger partial charge on any atom is 0.345 e. The van der Waals surface area contributed by atoms with Crippen molar-refractivity contribution in [1.29, 1.82) is 0 Å². The molecule has 1 aromatic heterocycles. The van der Waals surface area contributed by atoms with E-state index in [9.17, 15) is 10.1 Å². The third-order valence-electron chi connectivity index (χ3n) is 1.51. The fraction of sp³-hybridized carbons (Fsp3) is 0.500. The van der Waals surface area contributed by atoms with Crippen molar-refractivity contribution in [3.8, 4) is 0 Å². The Morgan fingerprint density at radius 2 is 2.36 bits per heavy atom. The number of rotatable bonds is 3. The van der Waals surface area contributed by atoms with Crippen LogP contribution in [0.15, 0.2) is 4.60 Å². The lowest BCUT2D eigenvalue weighted by atomic mass is 10.5. The van der Waals surface area contributed by atoms with Crippen molar-refractivity contribution in [2.75, 3.05) is 5.32 Å². The molecule has 0 aliphatic carbocycles. The van der Waals surface area contributed by atoms with E-state index in [1.54, 1.807) is 7.05 Å². The number of aryl methyl sites for hydroxylation is 1. The van der Waals surface area contributed by atoms with Gasteiger partial charge in [-0.15, -0.1) is 0 Å². The molecule has 1 atom stereocenters. The Kier molecular flexibility index (Phi) is 3.06. The second kappa shape index (κ2) is 3.93. The zero-order chi connectivity index (χ0) is 10.9. The highest BCUT2D eigenvalue weighted by Crippen LogP contribution is 2.31. The molecule has 1 rings (SSSR count). The predicted molar refractivity (Wildman–Crippen MR) is 52.9 cm³/mol. The van der Waals surface area contributed by atoms with Crippen molar-refractivity contribution in [3.05, 3.63) is 14.7 Å². The molecule has 0 aromatic carbocycles. The third-order valence-corrected chi connectivity index (χ3v) is 2.04. The summed E-state index contributed by atoms with van der Waals surface area (Å²) in [5, 5.41) is 26.0. The molecule has 0 fully saturated rings. The van der Waals surface area contributed by atoms with E-state index in [0.717, 1.165) is 0 Å². The Morgan fingerprint density at radius 3 is 2.79 bits per heavy atom. The molecule has 0 saturated carbocycles. The van der Waals surface area contributed by atoms with Gasteiger partial charge in [0.05, 0.1) is 4.92 Å². The second-order valence-electron chi connectivity index (χ2n) is 2.69. The first kappa shape index (κ1) is 10.9. The Labute approximate surface area is 88.0 Å². The standard InChI is InChI=1S/C6H9BrN4O3/c1-3(12)8-6-4(11(13)14)5(7)9-10(6)2/h3,8,12H,1-2H3. The van der Waals surface area contributed by atoms with Gasteiger partial charge in [0.2, 0.25) is 10.4 Å². The molecular weight excluding hydrogens is 256 g/mol. The lowest BCUT2D eigenvalue weighted by molar-refractivity contribution is -0.384. The van der Waals surface area contributed by atoms with E-state index in [1.165, 1.54) is 11.6 Å². The Hall–Kier alpha value is -1.15. The first-order valence-corrected chi connectivity index (χ1v) is 4.54. The summed E-state index contributed by atoms with van der Waals surface area (Å²) in [5.74, 6) is 0.164. The average molecular weight is 265 g/mol. The minimum atomic E-state index is -0.879. The summed E-state index contributed by atoms with van der Waals surface area (Å²) in [5.41, 5.74) is -0.187. The predicted octanol–water partition coefficient (Wildman–Crippen LogP) is 0.841. The zero-order valence-corrected chi connectivity index (χ0v) is 9.15. The maximum absolute atomic E-state index is 10.6. The Balaban J connectivity index is 3.18. The summed E-state index contributed by atoms with van der Waals surface area (Å²) in [6.07, 6.45) is -0.879. The van der Waals surface area contributed by atoms with Crippen molar-refractivity contribution in [2.24, 2.45) is 7.05 Å². The van der Waals surface area contributed by atoms with Gasteiger partial charge in [-0.05, 0) is 22.9 Å². The highest BCUT2D eigenvalue weighted by Gasteiger charge is 2.25. The van der Waals surface area contributed by atoms with Gasteiger partial charge in [0.25, 0.3) is 0 Å². The fourth-order valence-electron chi connectivity index (χ4n) is 1.00. The molecule has 0 radical (unpaired) electrons. The van der Waals surface area contributed by atoms with Crippen LogP contribution in [0.1, 0.15) is 6.92 Å². The normalized spacial score (nSPS) is 12.6. The van der Waals surface area contributed by atoms with E-state index in [2.05, 4.69) is 26.3 Å². The first-order valence-electron chi connectivity index (χ1n) is 3.75. The van der Waals surface area contributed by atoms with Crippen molar-refractivity contribution >= 4 is 27.4 Å². The van der Waals surface area contributed by atoms with E-state index in [1.807, 2.05) is 0 Å². The molecule has 0 aliphatic heterocycles. The lowest BCUT2D eigenvalue weighted by Gasteiger charge is -2.07. The molecule has 0 amide bonds. The molecule has 0 spiro atoms. The number of hydrogen-bond acceptors (Lipinski definition) is 5. The van der Waals surface area contributed by atoms with Crippen LogP contribution < -0.4 is 5.32 Å². The van der Waals surface area contributed by atoms with Crippen LogP contribution in [0.3, 0.4) is 0 Å². The molecule has 0 bridgehead atoms. The lowest BCUT2D eigenvalue weighted by Crippen LogP contribution is -2.16.